The van der Waals surface area contributed by atoms with Crippen molar-refractivity contribution < 1.29 is 0 Å². The van der Waals surface area contributed by atoms with E-state index in [2.05, 4.69) is 93.6 Å². The molecule has 1 aliphatic rings. The van der Waals surface area contributed by atoms with Crippen LogP contribution in [0.1, 0.15) is 23.4 Å². The van der Waals surface area contributed by atoms with Gasteiger partial charge >= 0.3 is 0 Å². The average molecular weight is 411 g/mol. The number of hydrogen-bond donors (Lipinski definition) is 1. The lowest BCUT2D eigenvalue weighted by atomic mass is 10.1. The standard InChI is InChI=1S/C27H30N4/c1-3-8-22(9-4-1)21-27-28-25-14-13-23(20-26(25)29-27)10-7-15-30-16-18-31(19-17-30)24-11-5-2-6-12-24/h1-6,8-9,11-14,20H,7,10,15-19,21H2,(H,28,29). The number of nitrogens with zero attached hydrogens (tertiary/aromatic N) is 3. The van der Waals surface area contributed by atoms with E-state index in [1.165, 1.54) is 29.8 Å². The number of benzene rings is 3. The van der Waals surface area contributed by atoms with Crippen LogP contribution < -0.4 is 4.90 Å². The van der Waals surface area contributed by atoms with Gasteiger partial charge in [0.15, 0.2) is 0 Å². The molecule has 0 radical (unpaired) electrons. The third-order valence-corrected chi connectivity index (χ3v) is 6.24. The van der Waals surface area contributed by atoms with E-state index < -0.39 is 0 Å². The molecule has 5 rings (SSSR count). The number of H-pyrrole nitrogens is 1. The van der Waals surface area contributed by atoms with Crippen LogP contribution in [-0.2, 0) is 12.8 Å². The van der Waals surface area contributed by atoms with Crippen molar-refractivity contribution in [1.82, 2.24) is 14.9 Å². The fourth-order valence-corrected chi connectivity index (χ4v) is 4.51. The van der Waals surface area contributed by atoms with Crippen molar-refractivity contribution >= 4 is 16.7 Å². The average Bonchev–Trinajstić information content (AvgIpc) is 3.22. The molecule has 158 valence electrons. The molecular formula is C27H30N4. The molecule has 0 spiro atoms. The molecule has 0 aliphatic carbocycles. The lowest BCUT2D eigenvalue weighted by molar-refractivity contribution is 0.255. The van der Waals surface area contributed by atoms with Crippen molar-refractivity contribution in [3.63, 3.8) is 0 Å². The zero-order chi connectivity index (χ0) is 20.9. The van der Waals surface area contributed by atoms with Crippen molar-refractivity contribution in [2.24, 2.45) is 0 Å². The molecule has 0 unspecified atom stereocenters. The van der Waals surface area contributed by atoms with Crippen LogP contribution in [0.25, 0.3) is 11.0 Å². The van der Waals surface area contributed by atoms with E-state index in [-0.39, 0.29) is 0 Å². The van der Waals surface area contributed by atoms with Crippen LogP contribution in [0, 0.1) is 0 Å². The van der Waals surface area contributed by atoms with Crippen LogP contribution in [0.4, 0.5) is 5.69 Å². The zero-order valence-electron chi connectivity index (χ0n) is 18.0. The third kappa shape index (κ3) is 4.97. The van der Waals surface area contributed by atoms with E-state index in [0.717, 1.165) is 55.9 Å². The van der Waals surface area contributed by atoms with E-state index in [4.69, 9.17) is 4.98 Å². The maximum Gasteiger partial charge on any atom is 0.111 e. The Balaban J connectivity index is 1.12. The highest BCUT2D eigenvalue weighted by Gasteiger charge is 2.16. The van der Waals surface area contributed by atoms with Gasteiger partial charge in [-0.1, -0.05) is 54.6 Å². The van der Waals surface area contributed by atoms with Crippen LogP contribution in [-0.4, -0.2) is 47.6 Å². The summed E-state index contributed by atoms with van der Waals surface area (Å²) >= 11 is 0. The molecule has 0 saturated carbocycles. The topological polar surface area (TPSA) is 35.2 Å². The van der Waals surface area contributed by atoms with Crippen LogP contribution in [0.15, 0.2) is 78.9 Å². The van der Waals surface area contributed by atoms with Gasteiger partial charge in [-0.3, -0.25) is 4.90 Å². The number of rotatable bonds is 7. The number of fused-ring (bicyclic) bond motifs is 1. The molecule has 1 aliphatic heterocycles. The van der Waals surface area contributed by atoms with Gasteiger partial charge in [-0.15, -0.1) is 0 Å². The van der Waals surface area contributed by atoms with Crippen LogP contribution in [0.5, 0.6) is 0 Å². The Bertz CT molecular complexity index is 1100. The highest BCUT2D eigenvalue weighted by atomic mass is 15.3. The quantitative estimate of drug-likeness (QED) is 0.470. The number of para-hydroxylation sites is 1. The Morgan fingerprint density at radius 3 is 2.29 bits per heavy atom. The molecule has 31 heavy (non-hydrogen) atoms. The van der Waals surface area contributed by atoms with E-state index in [1.54, 1.807) is 0 Å². The predicted octanol–water partition coefficient (Wildman–Crippen LogP) is 4.91. The van der Waals surface area contributed by atoms with Gasteiger partial charge in [-0.25, -0.2) is 4.98 Å². The fraction of sp³-hybridized carbons (Fsp3) is 0.296. The Labute approximate surface area is 184 Å². The van der Waals surface area contributed by atoms with Crippen molar-refractivity contribution in [1.29, 1.82) is 0 Å². The molecule has 4 aromatic rings. The van der Waals surface area contributed by atoms with E-state index in [9.17, 15) is 0 Å². The first-order valence-corrected chi connectivity index (χ1v) is 11.4. The molecule has 3 aromatic carbocycles. The molecule has 1 N–H and O–H groups in total. The largest absolute Gasteiger partial charge is 0.369 e. The minimum atomic E-state index is 0.847. The van der Waals surface area contributed by atoms with Gasteiger partial charge in [0, 0.05) is 38.3 Å². The lowest BCUT2D eigenvalue weighted by Gasteiger charge is -2.36. The van der Waals surface area contributed by atoms with Gasteiger partial charge in [-0.05, 0) is 54.8 Å². The Morgan fingerprint density at radius 1 is 0.774 bits per heavy atom. The normalized spacial score (nSPS) is 14.9. The van der Waals surface area contributed by atoms with Crippen LogP contribution in [0.2, 0.25) is 0 Å². The molecular weight excluding hydrogens is 380 g/mol. The van der Waals surface area contributed by atoms with Crippen molar-refractivity contribution in [3.05, 3.63) is 95.8 Å². The van der Waals surface area contributed by atoms with Gasteiger partial charge in [0.25, 0.3) is 0 Å². The lowest BCUT2D eigenvalue weighted by Crippen LogP contribution is -2.46. The molecule has 0 amide bonds. The number of piperazine rings is 1. The Hall–Kier alpha value is -3.11. The number of anilines is 1. The maximum absolute atomic E-state index is 4.77. The number of aromatic nitrogens is 2. The van der Waals surface area contributed by atoms with Crippen molar-refractivity contribution in [3.8, 4) is 0 Å². The first kappa shape index (κ1) is 19.8. The molecule has 0 bridgehead atoms. The molecule has 4 heteroatoms. The number of hydrogen-bond acceptors (Lipinski definition) is 3. The van der Waals surface area contributed by atoms with Gasteiger partial charge < -0.3 is 9.88 Å². The molecule has 4 nitrogen and oxygen atoms in total. The first-order chi connectivity index (χ1) is 15.3. The summed E-state index contributed by atoms with van der Waals surface area (Å²) in [6.45, 7) is 5.71. The second-order valence-electron chi connectivity index (χ2n) is 8.47. The van der Waals surface area contributed by atoms with E-state index in [1.807, 2.05) is 0 Å². The van der Waals surface area contributed by atoms with E-state index >= 15 is 0 Å². The van der Waals surface area contributed by atoms with Gasteiger partial charge in [0.1, 0.15) is 5.82 Å². The second-order valence-corrected chi connectivity index (χ2v) is 8.47. The van der Waals surface area contributed by atoms with Crippen LogP contribution in [0.3, 0.4) is 0 Å². The summed E-state index contributed by atoms with van der Waals surface area (Å²) in [5.41, 5.74) is 6.24. The van der Waals surface area contributed by atoms with Gasteiger partial charge in [0.05, 0.1) is 11.0 Å². The number of aryl methyl sites for hydroxylation is 1. The Kier molecular flexibility index (Phi) is 5.99. The van der Waals surface area contributed by atoms with E-state index in [0.29, 0.717) is 0 Å². The third-order valence-electron chi connectivity index (χ3n) is 6.24. The van der Waals surface area contributed by atoms with Gasteiger partial charge in [-0.2, -0.15) is 0 Å². The predicted molar refractivity (Wildman–Crippen MR) is 129 cm³/mol. The molecule has 1 aromatic heterocycles. The maximum atomic E-state index is 4.77. The molecule has 0 atom stereocenters. The summed E-state index contributed by atoms with van der Waals surface area (Å²) in [6.07, 6.45) is 3.16. The van der Waals surface area contributed by atoms with Gasteiger partial charge in [0.2, 0.25) is 0 Å². The Morgan fingerprint density at radius 2 is 1.52 bits per heavy atom. The smallest absolute Gasteiger partial charge is 0.111 e. The summed E-state index contributed by atoms with van der Waals surface area (Å²) < 4.78 is 0. The highest BCUT2D eigenvalue weighted by Crippen LogP contribution is 2.18. The van der Waals surface area contributed by atoms with Crippen LogP contribution >= 0.6 is 0 Å². The summed E-state index contributed by atoms with van der Waals surface area (Å²) in [6, 6.07) is 28.0. The first-order valence-electron chi connectivity index (χ1n) is 11.4. The number of aromatic amines is 1. The number of imidazole rings is 1. The summed E-state index contributed by atoms with van der Waals surface area (Å²) in [5, 5.41) is 0. The number of nitrogens with one attached hydrogen (secondary N) is 1. The molecule has 1 saturated heterocycles. The zero-order valence-corrected chi connectivity index (χ0v) is 18.0. The van der Waals surface area contributed by atoms with Crippen molar-refractivity contribution in [2.75, 3.05) is 37.6 Å². The van der Waals surface area contributed by atoms with Crippen molar-refractivity contribution in [2.45, 2.75) is 19.3 Å². The summed E-state index contributed by atoms with van der Waals surface area (Å²) in [7, 11) is 0. The minimum absolute atomic E-state index is 0.847. The summed E-state index contributed by atoms with van der Waals surface area (Å²) in [4.78, 5) is 13.4. The monoisotopic (exact) mass is 410 g/mol. The fourth-order valence-electron chi connectivity index (χ4n) is 4.51. The molecule has 2 heterocycles. The SMILES string of the molecule is c1ccc(Cc2nc3ccc(CCCN4CCN(c5ccccc5)CC4)cc3[nH]2)cc1. The molecule has 1 fully saturated rings. The minimum Gasteiger partial charge on any atom is -0.369 e. The highest BCUT2D eigenvalue weighted by molar-refractivity contribution is 5.76. The summed E-state index contributed by atoms with van der Waals surface area (Å²) in [5.74, 6) is 1.04. The second kappa shape index (κ2) is 9.36.